The van der Waals surface area contributed by atoms with E-state index < -0.39 is 21.9 Å². The molecule has 0 radical (unpaired) electrons. The molecule has 0 aliphatic rings. The van der Waals surface area contributed by atoms with Crippen LogP contribution in [-0.2, 0) is 14.1 Å². The van der Waals surface area contributed by atoms with Gasteiger partial charge in [-0.05, 0) is 23.8 Å². The Morgan fingerprint density at radius 3 is 1.96 bits per heavy atom. The highest BCUT2D eigenvalue weighted by molar-refractivity contribution is 5.74. The van der Waals surface area contributed by atoms with Crippen LogP contribution in [0.25, 0.3) is 12.2 Å². The molecule has 10 heteroatoms. The highest BCUT2D eigenvalue weighted by Gasteiger charge is 2.23. The Balaban J connectivity index is 2.68. The molecule has 2 rings (SSSR count). The molecule has 0 atom stereocenters. The van der Waals surface area contributed by atoms with Crippen molar-refractivity contribution in [2.24, 2.45) is 14.1 Å². The molecule has 0 bridgehead atoms. The summed E-state index contributed by atoms with van der Waals surface area (Å²) < 4.78 is 17.5. The zero-order valence-corrected chi connectivity index (χ0v) is 15.5. The van der Waals surface area contributed by atoms with Gasteiger partial charge in [-0.1, -0.05) is 6.08 Å². The van der Waals surface area contributed by atoms with Crippen LogP contribution in [0.4, 0.5) is 5.69 Å². The Morgan fingerprint density at radius 1 is 0.963 bits per heavy atom. The van der Waals surface area contributed by atoms with Crippen molar-refractivity contribution in [1.82, 2.24) is 9.13 Å². The molecule has 10 nitrogen and oxygen atoms in total. The summed E-state index contributed by atoms with van der Waals surface area (Å²) in [4.78, 5) is 34.7. The zero-order chi connectivity index (χ0) is 20.3. The SMILES string of the molecule is COc1cc(/C=C/c2c([N+](=O)[O-])c(=O)n(C)c(=O)n2C)cc(OC)c1OC. The lowest BCUT2D eigenvalue weighted by molar-refractivity contribution is -0.387. The summed E-state index contributed by atoms with van der Waals surface area (Å²) in [6.45, 7) is 0. The quantitative estimate of drug-likeness (QED) is 0.548. The number of nitrogens with zero attached hydrogens (tertiary/aromatic N) is 3. The molecule has 0 saturated heterocycles. The zero-order valence-electron chi connectivity index (χ0n) is 15.5. The highest BCUT2D eigenvalue weighted by Crippen LogP contribution is 2.38. The summed E-state index contributed by atoms with van der Waals surface area (Å²) in [7, 11) is 6.92. The van der Waals surface area contributed by atoms with Gasteiger partial charge in [0.25, 0.3) is 0 Å². The molecule has 0 aliphatic heterocycles. The van der Waals surface area contributed by atoms with Gasteiger partial charge in [0.2, 0.25) is 5.75 Å². The van der Waals surface area contributed by atoms with E-state index in [1.807, 2.05) is 0 Å². The molecule has 144 valence electrons. The molecule has 0 spiro atoms. The largest absolute Gasteiger partial charge is 0.493 e. The average molecular weight is 377 g/mol. The second kappa shape index (κ2) is 7.77. The van der Waals surface area contributed by atoms with Gasteiger partial charge >= 0.3 is 16.9 Å². The molecule has 0 saturated carbocycles. The minimum absolute atomic E-state index is 0.123. The van der Waals surface area contributed by atoms with Crippen molar-refractivity contribution >= 4 is 17.8 Å². The Kier molecular flexibility index (Phi) is 5.69. The van der Waals surface area contributed by atoms with Crippen LogP contribution in [0.15, 0.2) is 21.7 Å². The van der Waals surface area contributed by atoms with E-state index >= 15 is 0 Å². The number of aromatic nitrogens is 2. The third-order valence-electron chi connectivity index (χ3n) is 3.99. The average Bonchev–Trinajstić information content (AvgIpc) is 2.66. The number of ether oxygens (including phenoxy) is 3. The fourth-order valence-electron chi connectivity index (χ4n) is 2.58. The molecule has 0 unspecified atom stereocenters. The molecular weight excluding hydrogens is 358 g/mol. The van der Waals surface area contributed by atoms with Gasteiger partial charge in [-0.15, -0.1) is 0 Å². The summed E-state index contributed by atoms with van der Waals surface area (Å²) in [6.07, 6.45) is 2.83. The van der Waals surface area contributed by atoms with Gasteiger partial charge in [0.1, 0.15) is 5.69 Å². The normalized spacial score (nSPS) is 10.9. The number of methoxy groups -OCH3 is 3. The van der Waals surface area contributed by atoms with Crippen LogP contribution in [0, 0.1) is 10.1 Å². The molecule has 0 amide bonds. The molecule has 1 aromatic carbocycles. The van der Waals surface area contributed by atoms with E-state index in [0.29, 0.717) is 27.4 Å². The summed E-state index contributed by atoms with van der Waals surface area (Å²) in [5.74, 6) is 1.18. The van der Waals surface area contributed by atoms with Gasteiger partial charge in [-0.3, -0.25) is 24.0 Å². The first-order valence-electron chi connectivity index (χ1n) is 7.69. The molecule has 1 aromatic heterocycles. The van der Waals surface area contributed by atoms with Gasteiger partial charge in [0, 0.05) is 14.1 Å². The molecule has 1 heterocycles. The Hall–Kier alpha value is -3.56. The summed E-state index contributed by atoms with van der Waals surface area (Å²) >= 11 is 0. The van der Waals surface area contributed by atoms with E-state index in [9.17, 15) is 19.7 Å². The van der Waals surface area contributed by atoms with Crippen LogP contribution >= 0.6 is 0 Å². The van der Waals surface area contributed by atoms with Crippen LogP contribution in [0.1, 0.15) is 11.3 Å². The summed E-state index contributed by atoms with van der Waals surface area (Å²) in [5, 5.41) is 11.3. The van der Waals surface area contributed by atoms with Gasteiger partial charge in [0.05, 0.1) is 26.3 Å². The molecule has 0 N–H and O–H groups in total. The van der Waals surface area contributed by atoms with Gasteiger partial charge in [0.15, 0.2) is 11.5 Å². The van der Waals surface area contributed by atoms with Crippen LogP contribution in [0.3, 0.4) is 0 Å². The van der Waals surface area contributed by atoms with Crippen molar-refractivity contribution in [3.05, 3.63) is 54.3 Å². The topological polar surface area (TPSA) is 115 Å². The third kappa shape index (κ3) is 3.54. The lowest BCUT2D eigenvalue weighted by Gasteiger charge is -2.13. The van der Waals surface area contributed by atoms with Crippen LogP contribution in [0.2, 0.25) is 0 Å². The Labute approximate surface area is 154 Å². The second-order valence-electron chi connectivity index (χ2n) is 5.49. The van der Waals surface area contributed by atoms with E-state index in [-0.39, 0.29) is 5.69 Å². The van der Waals surface area contributed by atoms with E-state index in [0.717, 1.165) is 4.57 Å². The van der Waals surface area contributed by atoms with Crippen molar-refractivity contribution in [3.8, 4) is 17.2 Å². The van der Waals surface area contributed by atoms with Crippen LogP contribution in [-0.4, -0.2) is 35.4 Å². The molecule has 0 fully saturated rings. The van der Waals surface area contributed by atoms with Crippen molar-refractivity contribution in [3.63, 3.8) is 0 Å². The lowest BCUT2D eigenvalue weighted by Crippen LogP contribution is -2.39. The number of hydrogen-bond donors (Lipinski definition) is 0. The smallest absolute Gasteiger partial charge is 0.357 e. The molecule has 2 aromatic rings. The van der Waals surface area contributed by atoms with E-state index in [1.165, 1.54) is 47.6 Å². The monoisotopic (exact) mass is 377 g/mol. The van der Waals surface area contributed by atoms with E-state index in [1.54, 1.807) is 12.1 Å². The molecule has 27 heavy (non-hydrogen) atoms. The fourth-order valence-corrected chi connectivity index (χ4v) is 2.58. The van der Waals surface area contributed by atoms with Crippen molar-refractivity contribution < 1.29 is 19.1 Å². The maximum Gasteiger partial charge on any atom is 0.357 e. The standard InChI is InChI=1S/C17H19N3O7/c1-18-11(14(20(23)24)16(21)19(2)17(18)22)7-6-10-8-12(25-3)15(27-5)13(9-10)26-4/h6-9H,1-5H3/b7-6+. The molecular formula is C17H19N3O7. The van der Waals surface area contributed by atoms with Crippen molar-refractivity contribution in [2.45, 2.75) is 0 Å². The van der Waals surface area contributed by atoms with Gasteiger partial charge in [-0.25, -0.2) is 4.79 Å². The number of rotatable bonds is 6. The van der Waals surface area contributed by atoms with E-state index in [4.69, 9.17) is 14.2 Å². The summed E-state index contributed by atoms with van der Waals surface area (Å²) in [5.41, 5.74) is -1.90. The molecule has 0 aliphatic carbocycles. The first-order valence-corrected chi connectivity index (χ1v) is 7.69. The fraction of sp³-hybridized carbons (Fsp3) is 0.294. The minimum Gasteiger partial charge on any atom is -0.493 e. The minimum atomic E-state index is -0.979. The van der Waals surface area contributed by atoms with Crippen molar-refractivity contribution in [1.29, 1.82) is 0 Å². The summed E-state index contributed by atoms with van der Waals surface area (Å²) in [6, 6.07) is 3.26. The maximum absolute atomic E-state index is 12.1. The van der Waals surface area contributed by atoms with Gasteiger partial charge in [-0.2, -0.15) is 0 Å². The Bertz CT molecular complexity index is 1010. The van der Waals surface area contributed by atoms with Crippen molar-refractivity contribution in [2.75, 3.05) is 21.3 Å². The first kappa shape index (κ1) is 19.8. The predicted molar refractivity (Wildman–Crippen MR) is 98.6 cm³/mol. The second-order valence-corrected chi connectivity index (χ2v) is 5.49. The third-order valence-corrected chi connectivity index (χ3v) is 3.99. The number of nitro groups is 1. The number of hydrogen-bond acceptors (Lipinski definition) is 7. The maximum atomic E-state index is 12.1. The highest BCUT2D eigenvalue weighted by atomic mass is 16.6. The lowest BCUT2D eigenvalue weighted by atomic mass is 10.1. The predicted octanol–water partition coefficient (Wildman–Crippen LogP) is 1.19. The Morgan fingerprint density at radius 2 is 1.52 bits per heavy atom. The van der Waals surface area contributed by atoms with Crippen LogP contribution in [0.5, 0.6) is 17.2 Å². The number of benzene rings is 1. The van der Waals surface area contributed by atoms with Gasteiger partial charge < -0.3 is 14.2 Å². The van der Waals surface area contributed by atoms with Crippen LogP contribution < -0.4 is 25.5 Å². The van der Waals surface area contributed by atoms with E-state index in [2.05, 4.69) is 0 Å². The first-order chi connectivity index (χ1) is 12.8.